The predicted octanol–water partition coefficient (Wildman–Crippen LogP) is 2.60. The van der Waals surface area contributed by atoms with Gasteiger partial charge in [-0.15, -0.1) is 10.2 Å². The lowest BCUT2D eigenvalue weighted by Crippen LogP contribution is -2.27. The number of alkyl halides is 2. The molecule has 8 nitrogen and oxygen atoms in total. The maximum Gasteiger partial charge on any atom is 0.387 e. The van der Waals surface area contributed by atoms with Crippen LogP contribution in [-0.4, -0.2) is 45.1 Å². The molecule has 0 radical (unpaired) electrons. The number of amides is 1. The number of hydrogen-bond donors (Lipinski definition) is 1. The molecule has 0 bridgehead atoms. The molecule has 11 heteroatoms. The predicted molar refractivity (Wildman–Crippen MR) is 98.1 cm³/mol. The van der Waals surface area contributed by atoms with E-state index < -0.39 is 6.61 Å². The number of carbonyl (C=O) groups is 1. The molecule has 0 spiro atoms. The molecule has 0 fully saturated rings. The summed E-state index contributed by atoms with van der Waals surface area (Å²) < 4.78 is 35.2. The Morgan fingerprint density at radius 1 is 1.32 bits per heavy atom. The summed E-state index contributed by atoms with van der Waals surface area (Å²) in [4.78, 5) is 13.8. The monoisotopic (exact) mass is 409 g/mol. The van der Waals surface area contributed by atoms with Crippen LogP contribution in [0.4, 0.5) is 8.78 Å². The van der Waals surface area contributed by atoms with Gasteiger partial charge in [0.2, 0.25) is 11.1 Å². The maximum atomic E-state index is 12.2. The summed E-state index contributed by atoms with van der Waals surface area (Å²) in [6, 6.07) is 9.40. The molecule has 2 heterocycles. The minimum atomic E-state index is -2.89. The standard InChI is InChI=1S/C17H17F2N5O3S/c1-23(9-13-3-2-8-26-13)14(25)10-28-17-22-21-15(24(17)20)11-4-6-12(7-5-11)27-16(18)19/h2-8,16H,9-10,20H2,1H3. The van der Waals surface area contributed by atoms with Gasteiger partial charge in [0.1, 0.15) is 11.5 Å². The third-order valence-corrected chi connectivity index (χ3v) is 4.65. The SMILES string of the molecule is CN(Cc1ccco1)C(=O)CSc1nnc(-c2ccc(OC(F)F)cc2)n1N. The van der Waals surface area contributed by atoms with Crippen molar-refractivity contribution in [3.05, 3.63) is 48.4 Å². The molecule has 2 N–H and O–H groups in total. The quantitative estimate of drug-likeness (QED) is 0.451. The summed E-state index contributed by atoms with van der Waals surface area (Å²) in [5.41, 5.74) is 0.574. The fourth-order valence-corrected chi connectivity index (χ4v) is 3.12. The van der Waals surface area contributed by atoms with Gasteiger partial charge in [-0.1, -0.05) is 11.8 Å². The van der Waals surface area contributed by atoms with E-state index in [1.807, 2.05) is 0 Å². The maximum absolute atomic E-state index is 12.2. The number of aromatic nitrogens is 3. The van der Waals surface area contributed by atoms with E-state index in [9.17, 15) is 13.6 Å². The Bertz CT molecular complexity index is 916. The van der Waals surface area contributed by atoms with Crippen molar-refractivity contribution in [2.24, 2.45) is 0 Å². The van der Waals surface area contributed by atoms with E-state index >= 15 is 0 Å². The van der Waals surface area contributed by atoms with Crippen LogP contribution in [0.5, 0.6) is 5.75 Å². The van der Waals surface area contributed by atoms with Gasteiger partial charge < -0.3 is 19.9 Å². The lowest BCUT2D eigenvalue weighted by atomic mass is 10.2. The molecule has 3 rings (SSSR count). The number of thioether (sulfide) groups is 1. The molecular weight excluding hydrogens is 392 g/mol. The highest BCUT2D eigenvalue weighted by atomic mass is 32.2. The summed E-state index contributed by atoms with van der Waals surface area (Å²) in [6.07, 6.45) is 1.55. The average Bonchev–Trinajstić information content (AvgIpc) is 3.30. The number of carbonyl (C=O) groups excluding carboxylic acids is 1. The molecule has 1 aromatic carbocycles. The fraction of sp³-hybridized carbons (Fsp3) is 0.235. The first-order valence-corrected chi connectivity index (χ1v) is 9.07. The summed E-state index contributed by atoms with van der Waals surface area (Å²) >= 11 is 1.14. The smallest absolute Gasteiger partial charge is 0.387 e. The molecular formula is C17H17F2N5O3S. The number of benzene rings is 1. The van der Waals surface area contributed by atoms with Crippen molar-refractivity contribution >= 4 is 17.7 Å². The largest absolute Gasteiger partial charge is 0.467 e. The Morgan fingerprint density at radius 2 is 2.07 bits per heavy atom. The first-order chi connectivity index (χ1) is 13.4. The molecule has 0 aliphatic carbocycles. The van der Waals surface area contributed by atoms with E-state index in [4.69, 9.17) is 10.3 Å². The van der Waals surface area contributed by atoms with Gasteiger partial charge in [0.05, 0.1) is 18.6 Å². The second-order valence-electron chi connectivity index (χ2n) is 5.70. The second-order valence-corrected chi connectivity index (χ2v) is 6.64. The summed E-state index contributed by atoms with van der Waals surface area (Å²) in [6.45, 7) is -2.53. The summed E-state index contributed by atoms with van der Waals surface area (Å²) in [7, 11) is 1.67. The highest BCUT2D eigenvalue weighted by Gasteiger charge is 2.16. The number of nitrogens with zero attached hydrogens (tertiary/aromatic N) is 4. The molecule has 0 unspecified atom stereocenters. The van der Waals surface area contributed by atoms with E-state index in [-0.39, 0.29) is 17.4 Å². The van der Waals surface area contributed by atoms with Crippen LogP contribution in [-0.2, 0) is 11.3 Å². The van der Waals surface area contributed by atoms with Gasteiger partial charge in [0, 0.05) is 12.6 Å². The van der Waals surface area contributed by atoms with Crippen molar-refractivity contribution in [2.45, 2.75) is 18.3 Å². The van der Waals surface area contributed by atoms with Crippen LogP contribution in [0.25, 0.3) is 11.4 Å². The van der Waals surface area contributed by atoms with Crippen molar-refractivity contribution < 1.29 is 22.7 Å². The number of hydrogen-bond acceptors (Lipinski definition) is 7. The van der Waals surface area contributed by atoms with Crippen molar-refractivity contribution in [3.63, 3.8) is 0 Å². The van der Waals surface area contributed by atoms with E-state index in [2.05, 4.69) is 14.9 Å². The van der Waals surface area contributed by atoms with Crippen LogP contribution in [0, 0.1) is 0 Å². The first kappa shape index (κ1) is 19.7. The van der Waals surface area contributed by atoms with Crippen LogP contribution in [0.2, 0.25) is 0 Å². The van der Waals surface area contributed by atoms with Crippen molar-refractivity contribution in [1.29, 1.82) is 0 Å². The van der Waals surface area contributed by atoms with Gasteiger partial charge in [-0.3, -0.25) is 4.79 Å². The number of rotatable bonds is 8. The Balaban J connectivity index is 1.60. The molecule has 0 aliphatic heterocycles. The van der Waals surface area contributed by atoms with Crippen molar-refractivity contribution in [3.8, 4) is 17.1 Å². The molecule has 0 saturated heterocycles. The average molecular weight is 409 g/mol. The Kier molecular flexibility index (Phi) is 6.14. The second kappa shape index (κ2) is 8.74. The molecule has 2 aromatic heterocycles. The molecule has 1 amide bonds. The van der Waals surface area contributed by atoms with Gasteiger partial charge in [0.15, 0.2) is 5.82 Å². The van der Waals surface area contributed by atoms with Crippen LogP contribution >= 0.6 is 11.8 Å². The van der Waals surface area contributed by atoms with Crippen molar-refractivity contribution in [1.82, 2.24) is 19.8 Å². The highest BCUT2D eigenvalue weighted by molar-refractivity contribution is 7.99. The Hall–Kier alpha value is -3.08. The van der Waals surface area contributed by atoms with Crippen molar-refractivity contribution in [2.75, 3.05) is 18.6 Å². The molecule has 0 saturated carbocycles. The zero-order chi connectivity index (χ0) is 20.1. The highest BCUT2D eigenvalue weighted by Crippen LogP contribution is 2.24. The van der Waals surface area contributed by atoms with Crippen LogP contribution < -0.4 is 10.6 Å². The Morgan fingerprint density at radius 3 is 2.71 bits per heavy atom. The third kappa shape index (κ3) is 4.80. The van der Waals surface area contributed by atoms with Crippen LogP contribution in [0.15, 0.2) is 52.2 Å². The normalized spacial score (nSPS) is 11.0. The van der Waals surface area contributed by atoms with Crippen LogP contribution in [0.3, 0.4) is 0 Å². The lowest BCUT2D eigenvalue weighted by Gasteiger charge is -2.15. The Labute approximate surface area is 163 Å². The van der Waals surface area contributed by atoms with E-state index in [1.165, 1.54) is 21.7 Å². The number of nitrogen functional groups attached to an aromatic ring is 1. The third-order valence-electron chi connectivity index (χ3n) is 3.73. The fourth-order valence-electron chi connectivity index (χ4n) is 2.32. The number of halogens is 2. The minimum absolute atomic E-state index is 0.0293. The molecule has 3 aromatic rings. The zero-order valence-electron chi connectivity index (χ0n) is 14.8. The number of ether oxygens (including phenoxy) is 1. The van der Waals surface area contributed by atoms with E-state index in [0.717, 1.165) is 11.8 Å². The van der Waals surface area contributed by atoms with Gasteiger partial charge >= 0.3 is 6.61 Å². The van der Waals surface area contributed by atoms with Gasteiger partial charge in [-0.25, -0.2) is 4.68 Å². The lowest BCUT2D eigenvalue weighted by molar-refractivity contribution is -0.127. The minimum Gasteiger partial charge on any atom is -0.467 e. The summed E-state index contributed by atoms with van der Waals surface area (Å²) in [5.74, 6) is 7.05. The zero-order valence-corrected chi connectivity index (χ0v) is 15.6. The molecule has 0 aliphatic rings. The van der Waals surface area contributed by atoms with E-state index in [1.54, 1.807) is 37.6 Å². The van der Waals surface area contributed by atoms with E-state index in [0.29, 0.717) is 28.8 Å². The molecule has 28 heavy (non-hydrogen) atoms. The summed E-state index contributed by atoms with van der Waals surface area (Å²) in [5, 5.41) is 8.33. The number of furan rings is 1. The van der Waals surface area contributed by atoms with Gasteiger partial charge in [-0.05, 0) is 36.4 Å². The van der Waals surface area contributed by atoms with Crippen LogP contribution in [0.1, 0.15) is 5.76 Å². The molecule has 148 valence electrons. The van der Waals surface area contributed by atoms with Gasteiger partial charge in [-0.2, -0.15) is 8.78 Å². The number of nitrogens with two attached hydrogens (primary N) is 1. The molecule has 0 atom stereocenters. The topological polar surface area (TPSA) is 99.4 Å². The van der Waals surface area contributed by atoms with Gasteiger partial charge in [0.25, 0.3) is 0 Å². The first-order valence-electron chi connectivity index (χ1n) is 8.09.